The lowest BCUT2D eigenvalue weighted by Crippen LogP contribution is -2.25. The second kappa shape index (κ2) is 9.63. The molecule has 0 unspecified atom stereocenters. The van der Waals surface area contributed by atoms with E-state index in [2.05, 4.69) is 10.4 Å². The minimum Gasteiger partial charge on any atom is -0.497 e. The average Bonchev–Trinajstić information content (AvgIpc) is 3.33. The van der Waals surface area contributed by atoms with Gasteiger partial charge in [-0.25, -0.2) is 4.79 Å². The number of hydrogen-bond acceptors (Lipinski definition) is 7. The number of hydrogen-bond donors (Lipinski definition) is 1. The molecule has 2 heterocycles. The number of aromatic nitrogens is 2. The Hall–Kier alpha value is -4.50. The lowest BCUT2D eigenvalue weighted by Gasteiger charge is -2.10. The SMILES string of the molecule is CCOC(=O)c1nn(-c2ccc(OC)cc2)c(=O)c2c(NC(=O)c3ccc4ccccc4c3)scc12. The second-order valence-corrected chi connectivity index (χ2v) is 8.73. The van der Waals surface area contributed by atoms with E-state index in [9.17, 15) is 14.4 Å². The van der Waals surface area contributed by atoms with E-state index in [1.54, 1.807) is 55.8 Å². The van der Waals surface area contributed by atoms with Gasteiger partial charge >= 0.3 is 5.97 Å². The lowest BCUT2D eigenvalue weighted by atomic mass is 10.1. The van der Waals surface area contributed by atoms with Crippen molar-refractivity contribution in [2.75, 3.05) is 19.0 Å². The van der Waals surface area contributed by atoms with E-state index in [0.29, 0.717) is 27.4 Å². The van der Waals surface area contributed by atoms with Gasteiger partial charge in [0.1, 0.15) is 10.8 Å². The van der Waals surface area contributed by atoms with E-state index in [4.69, 9.17) is 9.47 Å². The van der Waals surface area contributed by atoms with Gasteiger partial charge in [0.2, 0.25) is 0 Å². The third kappa shape index (κ3) is 4.20. The molecule has 0 aliphatic rings. The molecule has 5 rings (SSSR count). The number of fused-ring (bicyclic) bond motifs is 2. The first-order valence-electron chi connectivity index (χ1n) is 11.2. The monoisotopic (exact) mass is 499 g/mol. The zero-order valence-electron chi connectivity index (χ0n) is 19.5. The number of esters is 1. The molecule has 2 aromatic heterocycles. The molecule has 180 valence electrons. The first-order chi connectivity index (χ1) is 17.5. The van der Waals surface area contributed by atoms with Gasteiger partial charge in [-0.05, 0) is 54.1 Å². The molecule has 0 aliphatic carbocycles. The molecular formula is C27H21N3O5S. The zero-order chi connectivity index (χ0) is 25.2. The van der Waals surface area contributed by atoms with Crippen LogP contribution in [0.1, 0.15) is 27.8 Å². The van der Waals surface area contributed by atoms with Crippen molar-refractivity contribution in [1.29, 1.82) is 0 Å². The Morgan fingerprint density at radius 2 is 1.78 bits per heavy atom. The van der Waals surface area contributed by atoms with E-state index in [1.807, 2.05) is 30.3 Å². The van der Waals surface area contributed by atoms with Crippen LogP contribution >= 0.6 is 11.3 Å². The number of ether oxygens (including phenoxy) is 2. The molecule has 8 nitrogen and oxygen atoms in total. The standard InChI is InChI=1S/C27H21N3O5S/c1-3-35-27(33)23-21-15-36-25(28-24(31)18-9-8-16-6-4-5-7-17(16)14-18)22(21)26(32)30(29-23)19-10-12-20(34-2)13-11-19/h4-15H,3H2,1-2H3,(H,28,31). The molecule has 0 atom stereocenters. The van der Waals surface area contributed by atoms with Gasteiger partial charge < -0.3 is 14.8 Å². The normalized spacial score (nSPS) is 10.9. The number of rotatable bonds is 6. The minimum atomic E-state index is -0.657. The summed E-state index contributed by atoms with van der Waals surface area (Å²) in [5, 5.41) is 11.6. The quantitative estimate of drug-likeness (QED) is 0.329. The fraction of sp³-hybridized carbons (Fsp3) is 0.111. The van der Waals surface area contributed by atoms with Crippen molar-refractivity contribution in [2.45, 2.75) is 6.92 Å². The Kier molecular flexibility index (Phi) is 6.22. The van der Waals surface area contributed by atoms with Crippen molar-refractivity contribution < 1.29 is 19.1 Å². The number of methoxy groups -OCH3 is 1. The van der Waals surface area contributed by atoms with Crippen molar-refractivity contribution in [2.24, 2.45) is 0 Å². The molecule has 0 saturated heterocycles. The third-order valence-corrected chi connectivity index (χ3v) is 6.57. The summed E-state index contributed by atoms with van der Waals surface area (Å²) >= 11 is 1.15. The molecule has 5 aromatic rings. The first-order valence-corrected chi connectivity index (χ1v) is 12.0. The number of amides is 1. The van der Waals surface area contributed by atoms with Crippen molar-refractivity contribution >= 4 is 49.8 Å². The van der Waals surface area contributed by atoms with Crippen LogP contribution in [0.3, 0.4) is 0 Å². The predicted molar refractivity (Wildman–Crippen MR) is 140 cm³/mol. The maximum atomic E-state index is 13.6. The Balaban J connectivity index is 1.62. The van der Waals surface area contributed by atoms with Crippen LogP contribution in [0.2, 0.25) is 0 Å². The summed E-state index contributed by atoms with van der Waals surface area (Å²) in [6, 6.07) is 19.8. The molecule has 1 N–H and O–H groups in total. The molecule has 0 bridgehead atoms. The van der Waals surface area contributed by atoms with E-state index in [1.165, 1.54) is 0 Å². The minimum absolute atomic E-state index is 0.00952. The van der Waals surface area contributed by atoms with E-state index < -0.39 is 11.5 Å². The number of carbonyl (C=O) groups is 2. The number of thiophene rings is 1. The van der Waals surface area contributed by atoms with Gasteiger partial charge in [-0.15, -0.1) is 11.3 Å². The van der Waals surface area contributed by atoms with E-state index in [0.717, 1.165) is 26.8 Å². The summed E-state index contributed by atoms with van der Waals surface area (Å²) in [6.45, 7) is 1.84. The van der Waals surface area contributed by atoms with Gasteiger partial charge in [-0.1, -0.05) is 30.3 Å². The highest BCUT2D eigenvalue weighted by Gasteiger charge is 2.23. The number of benzene rings is 3. The molecule has 9 heteroatoms. The van der Waals surface area contributed by atoms with Gasteiger partial charge in [0.15, 0.2) is 5.69 Å². The van der Waals surface area contributed by atoms with Crippen LogP contribution in [0.5, 0.6) is 5.75 Å². The highest BCUT2D eigenvalue weighted by Crippen LogP contribution is 2.31. The smallest absolute Gasteiger partial charge is 0.359 e. The van der Waals surface area contributed by atoms with Gasteiger partial charge in [0.25, 0.3) is 11.5 Å². The van der Waals surface area contributed by atoms with Crippen LogP contribution < -0.4 is 15.6 Å². The molecule has 36 heavy (non-hydrogen) atoms. The van der Waals surface area contributed by atoms with Crippen LogP contribution in [0.25, 0.3) is 27.2 Å². The number of nitrogens with one attached hydrogen (secondary N) is 1. The fourth-order valence-electron chi connectivity index (χ4n) is 3.90. The lowest BCUT2D eigenvalue weighted by molar-refractivity contribution is 0.0520. The zero-order valence-corrected chi connectivity index (χ0v) is 20.3. The van der Waals surface area contributed by atoms with Crippen LogP contribution in [0.4, 0.5) is 5.00 Å². The first kappa shape index (κ1) is 23.3. The average molecular weight is 500 g/mol. The van der Waals surface area contributed by atoms with Crippen LogP contribution in [-0.2, 0) is 4.74 Å². The Morgan fingerprint density at radius 1 is 1.03 bits per heavy atom. The van der Waals surface area contributed by atoms with E-state index in [-0.39, 0.29) is 23.6 Å². The van der Waals surface area contributed by atoms with Gasteiger partial charge in [0.05, 0.1) is 24.8 Å². The summed E-state index contributed by atoms with van der Waals surface area (Å²) in [7, 11) is 1.54. The summed E-state index contributed by atoms with van der Waals surface area (Å²) in [4.78, 5) is 39.4. The van der Waals surface area contributed by atoms with E-state index >= 15 is 0 Å². The van der Waals surface area contributed by atoms with Crippen molar-refractivity contribution in [3.8, 4) is 11.4 Å². The largest absolute Gasteiger partial charge is 0.497 e. The molecule has 0 radical (unpaired) electrons. The molecule has 0 saturated carbocycles. The fourth-order valence-corrected chi connectivity index (χ4v) is 4.83. The summed E-state index contributed by atoms with van der Waals surface area (Å²) < 4.78 is 11.5. The topological polar surface area (TPSA) is 99.5 Å². The molecule has 0 spiro atoms. The highest BCUT2D eigenvalue weighted by atomic mass is 32.1. The molecular weight excluding hydrogens is 478 g/mol. The van der Waals surface area contributed by atoms with Crippen molar-refractivity contribution in [3.05, 3.63) is 93.7 Å². The Labute approximate surface area is 209 Å². The van der Waals surface area contributed by atoms with Gasteiger partial charge in [-0.2, -0.15) is 9.78 Å². The number of nitrogens with zero attached hydrogens (tertiary/aromatic N) is 2. The van der Waals surface area contributed by atoms with Gasteiger partial charge in [0, 0.05) is 16.3 Å². The molecule has 1 amide bonds. The Bertz CT molecular complexity index is 1670. The maximum Gasteiger partial charge on any atom is 0.359 e. The third-order valence-electron chi connectivity index (χ3n) is 5.68. The maximum absolute atomic E-state index is 13.6. The molecule has 0 aliphatic heterocycles. The van der Waals surface area contributed by atoms with Crippen LogP contribution in [-0.4, -0.2) is 35.4 Å². The molecule has 0 fully saturated rings. The van der Waals surface area contributed by atoms with Crippen molar-refractivity contribution in [3.63, 3.8) is 0 Å². The van der Waals surface area contributed by atoms with Crippen molar-refractivity contribution in [1.82, 2.24) is 9.78 Å². The van der Waals surface area contributed by atoms with Crippen LogP contribution in [0, 0.1) is 0 Å². The predicted octanol–water partition coefficient (Wildman–Crippen LogP) is 5.04. The summed E-state index contributed by atoms with van der Waals surface area (Å²) in [5.74, 6) is -0.415. The second-order valence-electron chi connectivity index (χ2n) is 7.85. The van der Waals surface area contributed by atoms with Gasteiger partial charge in [-0.3, -0.25) is 9.59 Å². The van der Waals surface area contributed by atoms with Crippen LogP contribution in [0.15, 0.2) is 76.9 Å². The number of carbonyl (C=O) groups excluding carboxylic acids is 2. The Morgan fingerprint density at radius 3 is 2.50 bits per heavy atom. The summed E-state index contributed by atoms with van der Waals surface area (Å²) in [5.41, 5.74) is 0.402. The number of anilines is 1. The highest BCUT2D eigenvalue weighted by molar-refractivity contribution is 7.16. The molecule has 3 aromatic carbocycles. The summed E-state index contributed by atoms with van der Waals surface area (Å²) in [6.07, 6.45) is 0.